The Balaban J connectivity index is 5.28. The summed E-state index contributed by atoms with van der Waals surface area (Å²) in [7, 11) is -9.91. The van der Waals surface area contributed by atoms with Crippen LogP contribution in [0.4, 0.5) is 0 Å². The summed E-state index contributed by atoms with van der Waals surface area (Å²) in [5.41, 5.74) is 0. The molecule has 0 radical (unpaired) electrons. The van der Waals surface area contributed by atoms with Crippen LogP contribution in [-0.4, -0.2) is 96.7 Å². The fourth-order valence-electron chi connectivity index (χ4n) is 10.2. The van der Waals surface area contributed by atoms with Crippen LogP contribution in [0.25, 0.3) is 0 Å². The van der Waals surface area contributed by atoms with Crippen LogP contribution in [0.15, 0.2) is 24.3 Å². The summed E-state index contributed by atoms with van der Waals surface area (Å²) in [5.74, 6) is -0.598. The third-order valence-corrected chi connectivity index (χ3v) is 18.1. The average Bonchev–Trinajstić information content (AvgIpc) is 3.71. The fourth-order valence-corrected chi connectivity index (χ4v) is 11.8. The van der Waals surface area contributed by atoms with E-state index in [1.165, 1.54) is 135 Å². The summed E-state index contributed by atoms with van der Waals surface area (Å²) in [6, 6.07) is 0. The maximum atomic E-state index is 13.0. The highest BCUT2D eigenvalue weighted by molar-refractivity contribution is 7.47. The third-order valence-electron chi connectivity index (χ3n) is 16.2. The molecular weight excluding hydrogens is 1190 g/mol. The predicted molar refractivity (Wildman–Crippen MR) is 363 cm³/mol. The molecule has 0 heterocycles. The molecule has 530 valence electrons. The quantitative estimate of drug-likeness (QED) is 0.0169. The zero-order valence-corrected chi connectivity index (χ0v) is 59.7. The molecule has 6 atom stereocenters. The van der Waals surface area contributed by atoms with Crippen molar-refractivity contribution in [3.8, 4) is 0 Å². The standard InChI is InChI=1S/C71H134O17P2/c1-7-10-12-14-16-18-19-20-21-22-23-31-37-43-49-55-70(75)88-67(60-82-69(74)54-48-42-36-30-27-25-29-34-40-46-52-64(6)9-3)62-86-90(79,80)84-58-65(72)57-83-89(77,78)85-61-66(59-81-68(73)53-47-41-35-17-15-13-11-8-2)87-71(76)56-50-44-38-32-26-24-28-33-39-45-51-63(4)5/h18-21,63-67,72H,7-17,22-62H2,1-6H3,(H,77,78)(H,79,80)/b19-18-,21-20-/t64?,65-,66+,67+/m0/s1. The van der Waals surface area contributed by atoms with Crippen LogP contribution in [0.1, 0.15) is 337 Å². The molecule has 90 heavy (non-hydrogen) atoms. The number of rotatable bonds is 68. The molecule has 0 aromatic carbocycles. The molecule has 0 aliphatic carbocycles. The van der Waals surface area contributed by atoms with Gasteiger partial charge in [-0.15, -0.1) is 0 Å². The van der Waals surface area contributed by atoms with Gasteiger partial charge in [-0.25, -0.2) is 9.13 Å². The van der Waals surface area contributed by atoms with E-state index in [1.807, 2.05) is 0 Å². The monoisotopic (exact) mass is 1320 g/mol. The zero-order valence-electron chi connectivity index (χ0n) is 57.9. The lowest BCUT2D eigenvalue weighted by Gasteiger charge is -2.21. The zero-order chi connectivity index (χ0) is 66.5. The van der Waals surface area contributed by atoms with Crippen LogP contribution < -0.4 is 0 Å². The topological polar surface area (TPSA) is 237 Å². The lowest BCUT2D eigenvalue weighted by Crippen LogP contribution is -2.30. The Labute approximate surface area is 548 Å². The second-order valence-corrected chi connectivity index (χ2v) is 28.6. The van der Waals surface area contributed by atoms with Crippen molar-refractivity contribution in [2.24, 2.45) is 11.8 Å². The molecule has 0 aromatic heterocycles. The van der Waals surface area contributed by atoms with Crippen molar-refractivity contribution in [3.63, 3.8) is 0 Å². The number of allylic oxidation sites excluding steroid dienone is 4. The van der Waals surface area contributed by atoms with Gasteiger partial charge in [0.05, 0.1) is 26.4 Å². The second-order valence-electron chi connectivity index (χ2n) is 25.7. The maximum Gasteiger partial charge on any atom is 0.472 e. The van der Waals surface area contributed by atoms with Gasteiger partial charge in [0.15, 0.2) is 12.2 Å². The molecule has 0 spiro atoms. The van der Waals surface area contributed by atoms with Crippen molar-refractivity contribution in [1.29, 1.82) is 0 Å². The molecule has 0 bridgehead atoms. The Morgan fingerprint density at radius 2 is 0.656 bits per heavy atom. The van der Waals surface area contributed by atoms with E-state index < -0.39 is 97.5 Å². The molecule has 0 amide bonds. The number of aliphatic hydroxyl groups is 1. The Hall–Kier alpha value is -2.46. The number of phosphoric acid groups is 2. The molecule has 3 unspecified atom stereocenters. The molecule has 0 saturated carbocycles. The lowest BCUT2D eigenvalue weighted by atomic mass is 9.99. The normalized spacial score (nSPS) is 14.6. The summed E-state index contributed by atoms with van der Waals surface area (Å²) in [5, 5.41) is 10.6. The van der Waals surface area contributed by atoms with Gasteiger partial charge in [0.2, 0.25) is 0 Å². The van der Waals surface area contributed by atoms with E-state index in [0.29, 0.717) is 25.7 Å². The van der Waals surface area contributed by atoms with Gasteiger partial charge < -0.3 is 33.8 Å². The molecule has 19 heteroatoms. The molecular formula is C71H134O17P2. The van der Waals surface area contributed by atoms with Crippen molar-refractivity contribution in [2.75, 3.05) is 39.6 Å². The van der Waals surface area contributed by atoms with E-state index in [0.717, 1.165) is 121 Å². The minimum atomic E-state index is -4.96. The summed E-state index contributed by atoms with van der Waals surface area (Å²) in [6.07, 6.45) is 50.7. The summed E-state index contributed by atoms with van der Waals surface area (Å²) in [4.78, 5) is 72.5. The van der Waals surface area contributed by atoms with Gasteiger partial charge in [-0.1, -0.05) is 284 Å². The Bertz CT molecular complexity index is 1850. The first kappa shape index (κ1) is 87.5. The van der Waals surface area contributed by atoms with Crippen LogP contribution >= 0.6 is 15.6 Å². The molecule has 0 saturated heterocycles. The van der Waals surface area contributed by atoms with Gasteiger partial charge >= 0.3 is 39.5 Å². The number of aliphatic hydroxyl groups excluding tert-OH is 1. The van der Waals surface area contributed by atoms with Crippen molar-refractivity contribution in [1.82, 2.24) is 0 Å². The van der Waals surface area contributed by atoms with E-state index in [-0.39, 0.29) is 25.7 Å². The molecule has 0 aromatic rings. The molecule has 0 fully saturated rings. The van der Waals surface area contributed by atoms with Crippen molar-refractivity contribution in [2.45, 2.75) is 355 Å². The molecule has 3 N–H and O–H groups in total. The maximum absolute atomic E-state index is 13.0. The molecule has 17 nitrogen and oxygen atoms in total. The minimum absolute atomic E-state index is 0.0847. The van der Waals surface area contributed by atoms with Gasteiger partial charge in [-0.2, -0.15) is 0 Å². The number of hydrogen-bond donors (Lipinski definition) is 3. The van der Waals surface area contributed by atoms with E-state index in [2.05, 4.69) is 65.8 Å². The lowest BCUT2D eigenvalue weighted by molar-refractivity contribution is -0.161. The van der Waals surface area contributed by atoms with Gasteiger partial charge in [0, 0.05) is 25.7 Å². The summed E-state index contributed by atoms with van der Waals surface area (Å²) in [6.45, 7) is 9.48. The number of unbranched alkanes of at least 4 members (excludes halogenated alkanes) is 34. The number of carbonyl (C=O) groups is 4. The van der Waals surface area contributed by atoms with Crippen molar-refractivity contribution in [3.05, 3.63) is 24.3 Å². The van der Waals surface area contributed by atoms with E-state index in [1.54, 1.807) is 0 Å². The minimum Gasteiger partial charge on any atom is -0.462 e. The first-order chi connectivity index (χ1) is 43.4. The Morgan fingerprint density at radius 3 is 1.00 bits per heavy atom. The van der Waals surface area contributed by atoms with Crippen molar-refractivity contribution < 1.29 is 80.2 Å². The third kappa shape index (κ3) is 63.0. The predicted octanol–water partition coefficient (Wildman–Crippen LogP) is 19.9. The van der Waals surface area contributed by atoms with Crippen LogP contribution in [0.2, 0.25) is 0 Å². The Kier molecular flexibility index (Phi) is 60.9. The van der Waals surface area contributed by atoms with Crippen LogP contribution in [-0.2, 0) is 65.4 Å². The number of phosphoric ester groups is 2. The highest BCUT2D eigenvalue weighted by Crippen LogP contribution is 2.45. The van der Waals surface area contributed by atoms with Gasteiger partial charge in [0.25, 0.3) is 0 Å². The van der Waals surface area contributed by atoms with E-state index in [9.17, 15) is 43.2 Å². The number of carbonyl (C=O) groups excluding carboxylic acids is 4. The largest absolute Gasteiger partial charge is 0.472 e. The van der Waals surface area contributed by atoms with E-state index >= 15 is 0 Å². The highest BCUT2D eigenvalue weighted by atomic mass is 31.2. The summed E-state index contributed by atoms with van der Waals surface area (Å²) >= 11 is 0. The summed E-state index contributed by atoms with van der Waals surface area (Å²) < 4.78 is 68.2. The number of esters is 4. The van der Waals surface area contributed by atoms with Crippen molar-refractivity contribution >= 4 is 39.5 Å². The van der Waals surface area contributed by atoms with E-state index in [4.69, 9.17) is 37.0 Å². The highest BCUT2D eigenvalue weighted by Gasteiger charge is 2.30. The SMILES string of the molecule is CCCCCC/C=C\C=C/CCCCCCCC(=O)O[C@H](COC(=O)CCCCCCCCCCCCC(C)CC)COP(=O)(O)OC[C@@H](O)COP(=O)(O)OC[C@@H](COC(=O)CCCCCCCCCC)OC(=O)CCCCCCCCCCCCC(C)C. The fraction of sp³-hybridized carbons (Fsp3) is 0.887. The first-order valence-corrected chi connectivity index (χ1v) is 39.3. The van der Waals surface area contributed by atoms with Gasteiger partial charge in [0.1, 0.15) is 19.3 Å². The smallest absolute Gasteiger partial charge is 0.462 e. The Morgan fingerprint density at radius 1 is 0.367 bits per heavy atom. The van der Waals surface area contributed by atoms with Gasteiger partial charge in [-0.3, -0.25) is 37.3 Å². The number of ether oxygens (including phenoxy) is 4. The molecule has 0 aliphatic heterocycles. The van der Waals surface area contributed by atoms with Crippen LogP contribution in [0, 0.1) is 11.8 Å². The molecule has 0 rings (SSSR count). The average molecular weight is 1320 g/mol. The van der Waals surface area contributed by atoms with Crippen LogP contribution in [0.3, 0.4) is 0 Å². The van der Waals surface area contributed by atoms with Crippen LogP contribution in [0.5, 0.6) is 0 Å². The molecule has 0 aliphatic rings. The number of hydrogen-bond acceptors (Lipinski definition) is 15. The second kappa shape index (κ2) is 62.6. The first-order valence-electron chi connectivity index (χ1n) is 36.3. The van der Waals surface area contributed by atoms with Gasteiger partial charge in [-0.05, 0) is 63.2 Å².